The van der Waals surface area contributed by atoms with Crippen LogP contribution in [0, 0.1) is 12.7 Å². The molecule has 1 aromatic carbocycles. The van der Waals surface area contributed by atoms with Crippen LogP contribution in [0.4, 0.5) is 4.39 Å². The molecule has 1 fully saturated rings. The molecule has 1 atom stereocenters. The Kier molecular flexibility index (Phi) is 5.10. The van der Waals surface area contributed by atoms with Gasteiger partial charge in [0.1, 0.15) is 11.6 Å². The van der Waals surface area contributed by atoms with Crippen LogP contribution in [0.5, 0.6) is 0 Å². The summed E-state index contributed by atoms with van der Waals surface area (Å²) in [5.41, 5.74) is 1.70. The predicted molar refractivity (Wildman–Crippen MR) is 107 cm³/mol. The Balaban J connectivity index is 1.86. The van der Waals surface area contributed by atoms with Crippen molar-refractivity contribution in [3.05, 3.63) is 101 Å². The van der Waals surface area contributed by atoms with Crippen molar-refractivity contribution >= 4 is 17.4 Å². The van der Waals surface area contributed by atoms with Crippen molar-refractivity contribution in [2.45, 2.75) is 19.5 Å². The summed E-state index contributed by atoms with van der Waals surface area (Å²) in [4.78, 5) is 35.5. The number of Topliss-reactive ketones (excluding diaryl/α,β-unsaturated/α-hetero) is 1. The first-order valence-corrected chi connectivity index (χ1v) is 9.32. The lowest BCUT2D eigenvalue weighted by Crippen LogP contribution is -2.29. The lowest BCUT2D eigenvalue weighted by Gasteiger charge is -2.24. The van der Waals surface area contributed by atoms with E-state index in [0.29, 0.717) is 16.8 Å². The number of halogens is 1. The van der Waals surface area contributed by atoms with Gasteiger partial charge in [-0.05, 0) is 54.4 Å². The van der Waals surface area contributed by atoms with Crippen LogP contribution in [-0.4, -0.2) is 31.7 Å². The maximum atomic E-state index is 13.7. The van der Waals surface area contributed by atoms with Crippen molar-refractivity contribution < 1.29 is 19.1 Å². The van der Waals surface area contributed by atoms with Crippen molar-refractivity contribution in [3.8, 4) is 0 Å². The molecule has 3 heterocycles. The maximum absolute atomic E-state index is 13.7. The molecule has 2 aromatic heterocycles. The second-order valence-corrected chi connectivity index (χ2v) is 7.00. The molecule has 7 heteroatoms. The van der Waals surface area contributed by atoms with E-state index in [1.165, 1.54) is 23.1 Å². The Morgan fingerprint density at radius 3 is 2.63 bits per heavy atom. The normalized spacial score (nSPS) is 18.1. The Morgan fingerprint density at radius 1 is 1.13 bits per heavy atom. The number of nitrogens with zero attached hydrogens (tertiary/aromatic N) is 3. The molecular weight excluding hydrogens is 385 g/mol. The van der Waals surface area contributed by atoms with Gasteiger partial charge in [0, 0.05) is 24.2 Å². The van der Waals surface area contributed by atoms with Gasteiger partial charge < -0.3 is 10.0 Å². The summed E-state index contributed by atoms with van der Waals surface area (Å²) >= 11 is 0. The monoisotopic (exact) mass is 403 g/mol. The number of aliphatic hydroxyl groups is 1. The number of rotatable bonds is 4. The van der Waals surface area contributed by atoms with Crippen molar-refractivity contribution in [2.24, 2.45) is 0 Å². The molecule has 0 radical (unpaired) electrons. The second kappa shape index (κ2) is 7.87. The standard InChI is InChI=1S/C23H18FN3O3/c1-14-11-15(7-8-18(14)24)21(28)19-20(16-5-4-9-25-12-16)27(23(30)22(19)29)13-17-6-2-3-10-26-17/h2-12,20,28H,13H2,1H3/b21-19-. The number of benzene rings is 1. The molecule has 1 saturated heterocycles. The Labute approximate surface area is 172 Å². The van der Waals surface area contributed by atoms with Gasteiger partial charge >= 0.3 is 0 Å². The zero-order valence-corrected chi connectivity index (χ0v) is 16.1. The van der Waals surface area contributed by atoms with E-state index < -0.39 is 23.5 Å². The average molecular weight is 403 g/mol. The van der Waals surface area contributed by atoms with E-state index in [-0.39, 0.29) is 23.4 Å². The molecule has 6 nitrogen and oxygen atoms in total. The van der Waals surface area contributed by atoms with E-state index in [2.05, 4.69) is 9.97 Å². The van der Waals surface area contributed by atoms with Crippen LogP contribution in [0.1, 0.15) is 28.4 Å². The van der Waals surface area contributed by atoms with Gasteiger partial charge in [-0.3, -0.25) is 19.6 Å². The molecule has 0 saturated carbocycles. The van der Waals surface area contributed by atoms with E-state index in [0.717, 1.165) is 0 Å². The average Bonchev–Trinajstić information content (AvgIpc) is 3.01. The fourth-order valence-electron chi connectivity index (χ4n) is 3.54. The van der Waals surface area contributed by atoms with Crippen LogP contribution < -0.4 is 0 Å². The Bertz CT molecular complexity index is 1150. The molecule has 30 heavy (non-hydrogen) atoms. The molecule has 1 amide bonds. The highest BCUT2D eigenvalue weighted by molar-refractivity contribution is 6.46. The summed E-state index contributed by atoms with van der Waals surface area (Å²) in [7, 11) is 0. The predicted octanol–water partition coefficient (Wildman–Crippen LogP) is 3.55. The molecule has 1 unspecified atom stereocenters. The maximum Gasteiger partial charge on any atom is 0.296 e. The van der Waals surface area contributed by atoms with Gasteiger partial charge in [-0.1, -0.05) is 12.1 Å². The lowest BCUT2D eigenvalue weighted by molar-refractivity contribution is -0.140. The molecule has 150 valence electrons. The number of aliphatic hydroxyl groups excluding tert-OH is 1. The minimum atomic E-state index is -0.842. The van der Waals surface area contributed by atoms with Gasteiger partial charge in [0.15, 0.2) is 0 Å². The summed E-state index contributed by atoms with van der Waals surface area (Å²) in [5.74, 6) is -2.33. The summed E-state index contributed by atoms with van der Waals surface area (Å²) < 4.78 is 13.7. The third kappa shape index (κ3) is 3.45. The lowest BCUT2D eigenvalue weighted by atomic mass is 9.95. The first-order chi connectivity index (χ1) is 14.5. The number of hydrogen-bond acceptors (Lipinski definition) is 5. The number of ketones is 1. The molecule has 1 N–H and O–H groups in total. The van der Waals surface area contributed by atoms with E-state index in [1.807, 2.05) is 0 Å². The summed E-state index contributed by atoms with van der Waals surface area (Å²) in [5, 5.41) is 11.0. The van der Waals surface area contributed by atoms with Crippen LogP contribution in [-0.2, 0) is 16.1 Å². The number of aryl methyl sites for hydroxylation is 1. The number of likely N-dealkylation sites (tertiary alicyclic amines) is 1. The van der Waals surface area contributed by atoms with Crippen LogP contribution in [0.2, 0.25) is 0 Å². The second-order valence-electron chi connectivity index (χ2n) is 7.00. The van der Waals surface area contributed by atoms with Gasteiger partial charge in [-0.2, -0.15) is 0 Å². The highest BCUT2D eigenvalue weighted by Gasteiger charge is 2.46. The smallest absolute Gasteiger partial charge is 0.296 e. The topological polar surface area (TPSA) is 83.4 Å². The molecule has 0 spiro atoms. The van der Waals surface area contributed by atoms with Crippen LogP contribution >= 0.6 is 0 Å². The number of hydrogen-bond donors (Lipinski definition) is 1. The zero-order valence-electron chi connectivity index (χ0n) is 16.1. The molecule has 0 aliphatic carbocycles. The number of pyridine rings is 2. The largest absolute Gasteiger partial charge is 0.507 e. The van der Waals surface area contributed by atoms with Gasteiger partial charge in [-0.15, -0.1) is 0 Å². The van der Waals surface area contributed by atoms with Crippen molar-refractivity contribution in [3.63, 3.8) is 0 Å². The van der Waals surface area contributed by atoms with Gasteiger partial charge in [-0.25, -0.2) is 4.39 Å². The third-order valence-electron chi connectivity index (χ3n) is 5.03. The number of carbonyl (C=O) groups is 2. The molecule has 3 aromatic rings. The third-order valence-corrected chi connectivity index (χ3v) is 5.03. The van der Waals surface area contributed by atoms with Crippen molar-refractivity contribution in [1.82, 2.24) is 14.9 Å². The Morgan fingerprint density at radius 2 is 1.97 bits per heavy atom. The van der Waals surface area contributed by atoms with Crippen LogP contribution in [0.25, 0.3) is 5.76 Å². The van der Waals surface area contributed by atoms with E-state index in [9.17, 15) is 19.1 Å². The first kappa shape index (κ1) is 19.4. The number of aromatic nitrogens is 2. The fraction of sp³-hybridized carbons (Fsp3) is 0.130. The van der Waals surface area contributed by atoms with Crippen LogP contribution in [0.3, 0.4) is 0 Å². The van der Waals surface area contributed by atoms with E-state index in [1.54, 1.807) is 55.8 Å². The van der Waals surface area contributed by atoms with E-state index in [4.69, 9.17) is 0 Å². The number of carbonyl (C=O) groups excluding carboxylic acids is 2. The fourth-order valence-corrected chi connectivity index (χ4v) is 3.54. The zero-order chi connectivity index (χ0) is 21.3. The number of amides is 1. The summed E-state index contributed by atoms with van der Waals surface area (Å²) in [6, 6.07) is 11.9. The van der Waals surface area contributed by atoms with Crippen molar-refractivity contribution in [2.75, 3.05) is 0 Å². The van der Waals surface area contributed by atoms with E-state index >= 15 is 0 Å². The van der Waals surface area contributed by atoms with Gasteiger partial charge in [0.25, 0.3) is 11.7 Å². The molecular formula is C23H18FN3O3. The summed E-state index contributed by atoms with van der Waals surface area (Å²) in [6.45, 7) is 1.65. The van der Waals surface area contributed by atoms with Crippen molar-refractivity contribution in [1.29, 1.82) is 0 Å². The first-order valence-electron chi connectivity index (χ1n) is 9.32. The SMILES string of the molecule is Cc1cc(/C(O)=C2/C(=O)C(=O)N(Cc3ccccn3)C2c2cccnc2)ccc1F. The highest BCUT2D eigenvalue weighted by Crippen LogP contribution is 2.40. The highest BCUT2D eigenvalue weighted by atomic mass is 19.1. The van der Waals surface area contributed by atoms with Gasteiger partial charge in [0.05, 0.1) is 23.9 Å². The minimum Gasteiger partial charge on any atom is -0.507 e. The van der Waals surface area contributed by atoms with Crippen LogP contribution in [0.15, 0.2) is 72.7 Å². The van der Waals surface area contributed by atoms with Gasteiger partial charge in [0.2, 0.25) is 0 Å². The minimum absolute atomic E-state index is 0.0602. The molecule has 0 bridgehead atoms. The molecule has 1 aliphatic rings. The molecule has 1 aliphatic heterocycles. The summed E-state index contributed by atoms with van der Waals surface area (Å²) in [6.07, 6.45) is 4.73. The quantitative estimate of drug-likeness (QED) is 0.409. The molecule has 4 rings (SSSR count). The Hall–Kier alpha value is -3.87.